The van der Waals surface area contributed by atoms with E-state index in [0.717, 1.165) is 17.3 Å². The molecule has 2 aliphatic rings. The van der Waals surface area contributed by atoms with E-state index in [2.05, 4.69) is 0 Å². The van der Waals surface area contributed by atoms with Crippen LogP contribution in [-0.2, 0) is 9.59 Å². The van der Waals surface area contributed by atoms with E-state index in [1.54, 1.807) is 17.1 Å². The molecule has 0 atom stereocenters. The minimum Gasteiger partial charge on any atom is -0.339 e. The summed E-state index contributed by atoms with van der Waals surface area (Å²) in [4.78, 5) is 38.9. The number of carbonyl (C=O) groups excluding carboxylic acids is 3. The summed E-state index contributed by atoms with van der Waals surface area (Å²) in [6.07, 6.45) is 4.70. The first-order valence-corrected chi connectivity index (χ1v) is 8.64. The number of hydrogen-bond donors (Lipinski definition) is 0. The van der Waals surface area contributed by atoms with Crippen LogP contribution in [0.25, 0.3) is 6.08 Å². The molecule has 6 heteroatoms. The summed E-state index contributed by atoms with van der Waals surface area (Å²) >= 11 is 1.07. The lowest BCUT2D eigenvalue weighted by Crippen LogP contribution is -2.48. The fourth-order valence-electron chi connectivity index (χ4n) is 2.90. The highest BCUT2D eigenvalue weighted by Gasteiger charge is 2.37. The highest BCUT2D eigenvalue weighted by Crippen LogP contribution is 2.26. The third-order valence-electron chi connectivity index (χ3n) is 4.14. The van der Waals surface area contributed by atoms with Crippen LogP contribution in [0.1, 0.15) is 18.4 Å². The van der Waals surface area contributed by atoms with Gasteiger partial charge in [-0.1, -0.05) is 42.1 Å². The highest BCUT2D eigenvalue weighted by atomic mass is 32.2. The van der Waals surface area contributed by atoms with Crippen molar-refractivity contribution in [3.8, 4) is 0 Å². The van der Waals surface area contributed by atoms with E-state index in [0.29, 0.717) is 25.9 Å². The predicted molar refractivity (Wildman–Crippen MR) is 89.8 cm³/mol. The Morgan fingerprint density at radius 2 is 1.83 bits per heavy atom. The number of amides is 3. The van der Waals surface area contributed by atoms with E-state index in [-0.39, 0.29) is 28.8 Å². The summed E-state index contributed by atoms with van der Waals surface area (Å²) in [5.41, 5.74) is 0.987. The van der Waals surface area contributed by atoms with Crippen molar-refractivity contribution >= 4 is 34.9 Å². The van der Waals surface area contributed by atoms with Crippen molar-refractivity contribution in [1.29, 1.82) is 0 Å². The molecule has 2 saturated heterocycles. The van der Waals surface area contributed by atoms with Crippen LogP contribution in [0, 0.1) is 0 Å². The first-order valence-electron chi connectivity index (χ1n) is 7.66. The number of rotatable bonds is 3. The Bertz CT molecular complexity index is 620. The summed E-state index contributed by atoms with van der Waals surface area (Å²) < 4.78 is 0. The minimum atomic E-state index is -0.149. The molecule has 0 bridgehead atoms. The molecular formula is C17H18N2O3S. The Hall–Kier alpha value is -2.08. The van der Waals surface area contributed by atoms with Crippen molar-refractivity contribution in [3.05, 3.63) is 42.0 Å². The monoisotopic (exact) mass is 330 g/mol. The average Bonchev–Trinajstić information content (AvgIpc) is 2.92. The summed E-state index contributed by atoms with van der Waals surface area (Å²) in [7, 11) is 0. The molecule has 0 spiro atoms. The Morgan fingerprint density at radius 1 is 1.13 bits per heavy atom. The maximum Gasteiger partial charge on any atom is 0.289 e. The first kappa shape index (κ1) is 15.8. The Balaban J connectivity index is 1.54. The molecule has 0 aliphatic carbocycles. The van der Waals surface area contributed by atoms with Gasteiger partial charge in [-0.2, -0.15) is 0 Å². The van der Waals surface area contributed by atoms with E-state index < -0.39 is 0 Å². The van der Waals surface area contributed by atoms with Gasteiger partial charge in [0.25, 0.3) is 5.24 Å². The van der Waals surface area contributed by atoms with Gasteiger partial charge >= 0.3 is 0 Å². The molecule has 120 valence electrons. The first-order chi connectivity index (χ1) is 11.1. The number of carbonyl (C=O) groups is 3. The van der Waals surface area contributed by atoms with Crippen molar-refractivity contribution in [1.82, 2.24) is 9.80 Å². The molecule has 3 amide bonds. The Morgan fingerprint density at radius 3 is 2.43 bits per heavy atom. The third-order valence-corrected chi connectivity index (χ3v) is 4.98. The molecule has 2 fully saturated rings. The molecule has 1 aromatic carbocycles. The number of hydrogen-bond acceptors (Lipinski definition) is 4. The number of nitrogens with zero attached hydrogens (tertiary/aromatic N) is 2. The number of imide groups is 1. The van der Waals surface area contributed by atoms with Gasteiger partial charge in [0.2, 0.25) is 11.8 Å². The minimum absolute atomic E-state index is 0.0271. The topological polar surface area (TPSA) is 57.7 Å². The zero-order valence-electron chi connectivity index (χ0n) is 12.7. The maximum absolute atomic E-state index is 12.2. The molecule has 0 N–H and O–H groups in total. The van der Waals surface area contributed by atoms with Gasteiger partial charge in [-0.3, -0.25) is 19.3 Å². The second-order valence-corrected chi connectivity index (χ2v) is 6.55. The molecule has 2 aliphatic heterocycles. The van der Waals surface area contributed by atoms with Crippen LogP contribution >= 0.6 is 11.8 Å². The van der Waals surface area contributed by atoms with E-state index >= 15 is 0 Å². The van der Waals surface area contributed by atoms with E-state index in [4.69, 9.17) is 0 Å². The molecule has 0 aromatic heterocycles. The molecule has 3 rings (SSSR count). The standard InChI is InChI=1S/C17H18N2O3S/c20-15(7-6-13-4-2-1-3-5-13)18-10-8-14(9-11-18)19-16(21)12-23-17(19)22/h1-7,14H,8-12H2/b7-6+. The van der Waals surface area contributed by atoms with Crippen LogP contribution in [0.5, 0.6) is 0 Å². The Kier molecular flexibility index (Phi) is 4.81. The lowest BCUT2D eigenvalue weighted by molar-refractivity contribution is -0.129. The van der Waals surface area contributed by atoms with Crippen molar-refractivity contribution < 1.29 is 14.4 Å². The third kappa shape index (κ3) is 3.64. The average molecular weight is 330 g/mol. The van der Waals surface area contributed by atoms with Crippen LogP contribution in [0.2, 0.25) is 0 Å². The summed E-state index contributed by atoms with van der Waals surface area (Å²) in [6.45, 7) is 1.15. The predicted octanol–water partition coefficient (Wildman–Crippen LogP) is 2.39. The van der Waals surface area contributed by atoms with E-state index in [1.165, 1.54) is 4.90 Å². The molecule has 1 aromatic rings. The zero-order chi connectivity index (χ0) is 16.2. The lowest BCUT2D eigenvalue weighted by atomic mass is 10.0. The second-order valence-electron chi connectivity index (χ2n) is 5.62. The van der Waals surface area contributed by atoms with Gasteiger partial charge in [0.1, 0.15) is 0 Å². The molecule has 0 unspecified atom stereocenters. The summed E-state index contributed by atoms with van der Waals surface area (Å²) in [5.74, 6) is 0.118. The van der Waals surface area contributed by atoms with Gasteiger partial charge < -0.3 is 4.90 Å². The maximum atomic E-state index is 12.2. The fourth-order valence-corrected chi connectivity index (χ4v) is 3.67. The van der Waals surface area contributed by atoms with E-state index in [9.17, 15) is 14.4 Å². The van der Waals surface area contributed by atoms with Crippen molar-refractivity contribution in [3.63, 3.8) is 0 Å². The van der Waals surface area contributed by atoms with Crippen molar-refractivity contribution in [2.75, 3.05) is 18.8 Å². The van der Waals surface area contributed by atoms with Gasteiger partial charge in [-0.25, -0.2) is 0 Å². The summed E-state index contributed by atoms with van der Waals surface area (Å²) in [6, 6.07) is 9.61. The Labute approximate surface area is 139 Å². The summed E-state index contributed by atoms with van der Waals surface area (Å²) in [5, 5.41) is -0.149. The molecule has 2 heterocycles. The molecular weight excluding hydrogens is 312 g/mol. The number of likely N-dealkylation sites (tertiary alicyclic amines) is 1. The highest BCUT2D eigenvalue weighted by molar-refractivity contribution is 8.14. The van der Waals surface area contributed by atoms with Gasteiger partial charge in [0.15, 0.2) is 0 Å². The number of thioether (sulfide) groups is 1. The van der Waals surface area contributed by atoms with Crippen LogP contribution < -0.4 is 0 Å². The lowest BCUT2D eigenvalue weighted by Gasteiger charge is -2.34. The van der Waals surface area contributed by atoms with Crippen LogP contribution in [-0.4, -0.2) is 51.7 Å². The van der Waals surface area contributed by atoms with Gasteiger partial charge in [-0.05, 0) is 24.5 Å². The van der Waals surface area contributed by atoms with Crippen LogP contribution in [0.15, 0.2) is 36.4 Å². The van der Waals surface area contributed by atoms with Crippen LogP contribution in [0.3, 0.4) is 0 Å². The molecule has 23 heavy (non-hydrogen) atoms. The smallest absolute Gasteiger partial charge is 0.289 e. The zero-order valence-corrected chi connectivity index (χ0v) is 13.5. The van der Waals surface area contributed by atoms with Gasteiger partial charge in [0, 0.05) is 25.2 Å². The van der Waals surface area contributed by atoms with Gasteiger partial charge in [-0.15, -0.1) is 0 Å². The normalized spacial score (nSPS) is 19.8. The van der Waals surface area contributed by atoms with Crippen LogP contribution in [0.4, 0.5) is 4.79 Å². The number of benzene rings is 1. The molecule has 0 saturated carbocycles. The quantitative estimate of drug-likeness (QED) is 0.799. The van der Waals surface area contributed by atoms with Crippen molar-refractivity contribution in [2.24, 2.45) is 0 Å². The number of piperidine rings is 1. The fraction of sp³-hybridized carbons (Fsp3) is 0.353. The molecule has 0 radical (unpaired) electrons. The van der Waals surface area contributed by atoms with Crippen molar-refractivity contribution in [2.45, 2.75) is 18.9 Å². The molecule has 5 nitrogen and oxygen atoms in total. The van der Waals surface area contributed by atoms with Gasteiger partial charge in [0.05, 0.1) is 5.75 Å². The van der Waals surface area contributed by atoms with E-state index in [1.807, 2.05) is 30.3 Å². The second kappa shape index (κ2) is 7.00. The largest absolute Gasteiger partial charge is 0.339 e. The SMILES string of the molecule is O=C(/C=C/c1ccccc1)N1CCC(N2C(=O)CSC2=O)CC1.